The van der Waals surface area contributed by atoms with E-state index in [1.165, 1.54) is 73.5 Å². The first-order valence-electron chi connectivity index (χ1n) is 38.9. The van der Waals surface area contributed by atoms with Crippen molar-refractivity contribution in [2.45, 2.75) is 0 Å². The van der Waals surface area contributed by atoms with E-state index < -0.39 is 0 Å². The van der Waals surface area contributed by atoms with Crippen LogP contribution in [0.2, 0.25) is 0 Å². The Hall–Kier alpha value is -17.0. The molecule has 0 aliphatic heterocycles. The number of aromatic amines is 6. The molecule has 0 spiro atoms. The number of thiazole rings is 1. The molecule has 0 amide bonds. The number of oxazole rings is 1. The first kappa shape index (κ1) is 103. The van der Waals surface area contributed by atoms with Crippen LogP contribution < -0.4 is 0 Å². The molecule has 0 radical (unpaired) electrons. The number of rotatable bonds is 0. The van der Waals surface area contributed by atoms with Crippen LogP contribution in [0.4, 0.5) is 0 Å². The zero-order valence-electron chi connectivity index (χ0n) is 70.3. The largest absolute Gasteiger partial charge is 0.473 e. The van der Waals surface area contributed by atoms with Crippen LogP contribution >= 0.6 is 68.2 Å². The van der Waals surface area contributed by atoms with Gasteiger partial charge in [0.1, 0.15) is 25.2 Å². The number of nitrogens with one attached hydrogen (secondary N) is 6. The third kappa shape index (κ3) is 58.7. The number of benzene rings is 4. The van der Waals surface area contributed by atoms with E-state index in [1.807, 2.05) is 198 Å². The fraction of sp³-hybridized carbons (Fsp3) is 0. The van der Waals surface area contributed by atoms with Crippen LogP contribution in [0.25, 0.3) is 52.5 Å². The minimum atomic E-state index is 0.949. The third-order valence-corrected chi connectivity index (χ3v) is 18.1. The first-order chi connectivity index (χ1) is 65.3. The van der Waals surface area contributed by atoms with Crippen LogP contribution in [-0.4, -0.2) is 130 Å². The zero-order valence-corrected chi connectivity index (χ0v) is 75.2. The zero-order chi connectivity index (χ0) is 91.3. The van der Waals surface area contributed by atoms with E-state index in [1.54, 1.807) is 273 Å². The molecule has 0 unspecified atom stereocenters. The normalized spacial score (nSPS) is 8.76. The molecule has 22 aromatic heterocycles. The van der Waals surface area contributed by atoms with Crippen molar-refractivity contribution in [3.8, 4) is 0 Å². The lowest BCUT2D eigenvalue weighted by Gasteiger charge is -1.90. The van der Waals surface area contributed by atoms with E-state index in [-0.39, 0.29) is 0 Å². The van der Waals surface area contributed by atoms with Crippen molar-refractivity contribution in [1.82, 2.24) is 130 Å². The summed E-state index contributed by atoms with van der Waals surface area (Å²) in [4.78, 5) is 71.1. The minimum Gasteiger partial charge on any atom is -0.473 e. The first-order valence-corrected chi connectivity index (χ1v) is 44.2. The molecule has 131 heavy (non-hydrogen) atoms. The topological polar surface area (TPSA) is 392 Å². The van der Waals surface area contributed by atoms with Gasteiger partial charge in [0, 0.05) is 198 Å². The Morgan fingerprint density at radius 3 is 1.15 bits per heavy atom. The van der Waals surface area contributed by atoms with Gasteiger partial charge in [-0.2, -0.15) is 26.6 Å². The summed E-state index contributed by atoms with van der Waals surface area (Å²) >= 11 is 10.2. The van der Waals surface area contributed by atoms with E-state index in [9.17, 15) is 0 Å². The van der Waals surface area contributed by atoms with Crippen molar-refractivity contribution in [1.29, 1.82) is 0 Å². The second kappa shape index (κ2) is 79.0. The van der Waals surface area contributed by atoms with Crippen LogP contribution in [0.1, 0.15) is 0 Å². The average Bonchev–Trinajstić information content (AvgIpc) is 1.85. The summed E-state index contributed by atoms with van der Waals surface area (Å²) in [6.07, 6.45) is 65.4. The van der Waals surface area contributed by atoms with Gasteiger partial charge in [0.2, 0.25) is 0 Å². The van der Waals surface area contributed by atoms with Gasteiger partial charge in [-0.05, 0) is 201 Å². The highest BCUT2D eigenvalue weighted by molar-refractivity contribution is 7.25. The predicted molar refractivity (Wildman–Crippen MR) is 529 cm³/mol. The minimum absolute atomic E-state index is 0.949. The summed E-state index contributed by atoms with van der Waals surface area (Å²) in [7, 11) is 0. The number of thiophene rings is 4. The Kier molecular flexibility index (Phi) is 62.0. The number of fused-ring (bicyclic) bond motifs is 5. The molecule has 0 aliphatic rings. The molecule has 6 N–H and O–H groups in total. The fourth-order valence-corrected chi connectivity index (χ4v) is 11.9. The molecule has 22 heterocycles. The molecule has 660 valence electrons. The Morgan fingerprint density at radius 1 is 0.260 bits per heavy atom. The SMILES string of the molecule is c1c[nH]cn1.c1c[nH]cn1.c1cc2sccc2s1.c1cc[nH]c1.c1ccc2[nH]ccc2c1.c1ccc2[nH]cnc2c1.c1ccc2nccnc2c1.c1ccc2sccc2c1.c1ccncc1.c1ccncc1.c1ccnnc1.c1ccoc1.c1ccsc1.c1cn[nH]c1.c1cnccn1.c1cncnc1.c1cncnc1.c1cnoc1.c1cnsc1.c1cocn1.c1cscn1. The molecule has 29 nitrogen and oxygen atoms in total. The van der Waals surface area contributed by atoms with Crippen molar-refractivity contribution in [3.05, 3.63) is 523 Å². The Balaban J connectivity index is 0.000000213. The molecule has 0 saturated heterocycles. The number of hydrogen-bond donors (Lipinski definition) is 6. The number of furan rings is 1. The van der Waals surface area contributed by atoms with Gasteiger partial charge in [0.05, 0.1) is 71.5 Å². The van der Waals surface area contributed by atoms with Crippen molar-refractivity contribution in [3.63, 3.8) is 0 Å². The highest BCUT2D eigenvalue weighted by Gasteiger charge is 1.93. The van der Waals surface area contributed by atoms with Gasteiger partial charge in [-0.1, -0.05) is 90.1 Å². The van der Waals surface area contributed by atoms with Crippen LogP contribution in [0.3, 0.4) is 0 Å². The number of aromatic nitrogens is 26. The summed E-state index contributed by atoms with van der Waals surface area (Å²) in [5.41, 5.74) is 7.02. The molecule has 0 aliphatic carbocycles. The summed E-state index contributed by atoms with van der Waals surface area (Å²) < 4.78 is 21.3. The molecule has 26 aromatic rings. The maximum atomic E-state index is 4.58. The highest BCUT2D eigenvalue weighted by atomic mass is 32.1. The van der Waals surface area contributed by atoms with Gasteiger partial charge < -0.3 is 38.3 Å². The molecule has 4 aromatic carbocycles. The number of imidazole rings is 3. The van der Waals surface area contributed by atoms with Crippen molar-refractivity contribution in [2.75, 3.05) is 0 Å². The Labute approximate surface area is 780 Å². The van der Waals surface area contributed by atoms with Crippen LogP contribution in [0, 0.1) is 0 Å². The van der Waals surface area contributed by atoms with Gasteiger partial charge >= 0.3 is 0 Å². The highest BCUT2D eigenvalue weighted by Crippen LogP contribution is 2.25. The number of pyridine rings is 2. The molecule has 26 rings (SSSR count). The van der Waals surface area contributed by atoms with Gasteiger partial charge in [-0.25, -0.2) is 44.2 Å². The fourth-order valence-electron chi connectivity index (χ4n) is 8.11. The van der Waals surface area contributed by atoms with E-state index in [2.05, 4.69) is 220 Å². The molecule has 0 fully saturated rings. The molecular weight excluding hydrogens is 1760 g/mol. The van der Waals surface area contributed by atoms with Gasteiger partial charge in [-0.15, -0.1) is 45.3 Å². The smallest absolute Gasteiger partial charge is 0.180 e. The molecular formula is C96H92N26O3S6. The number of para-hydroxylation sites is 5. The Bertz CT molecular complexity index is 4960. The predicted octanol–water partition coefficient (Wildman–Crippen LogP) is 24.2. The van der Waals surface area contributed by atoms with Crippen molar-refractivity contribution < 1.29 is 13.4 Å². The summed E-state index contributed by atoms with van der Waals surface area (Å²) in [5, 5.41) is 33.6. The third-order valence-electron chi connectivity index (χ3n) is 13.6. The number of hydrogen-bond acceptors (Lipinski definition) is 29. The van der Waals surface area contributed by atoms with E-state index in [0.29, 0.717) is 0 Å². The molecule has 0 atom stereocenters. The number of nitrogens with zero attached hydrogens (tertiary/aromatic N) is 20. The van der Waals surface area contributed by atoms with Crippen molar-refractivity contribution >= 4 is 121 Å². The number of H-pyrrole nitrogens is 6. The maximum absolute atomic E-state index is 4.58. The second-order valence-electron chi connectivity index (χ2n) is 22.7. The van der Waals surface area contributed by atoms with E-state index in [0.717, 1.165) is 22.1 Å². The standard InChI is InChI=1S/C8H6N2.C8H7N.C8H6S.C7H6N2.C6H4S2.2C5H5N.4C4H4N2.C4H5N.C4H4O.C4H4S.3C3H4N2.2C3H3NO.2C3H3NS/c1-2-4-8-7(3-1)9-5-6-10-8;2*1-2-4-8-7(3-1)5-6-9-8;1-2-4-7-6(3-1)8-5-9-7;1-3-7-6-2-4-8-5(1)6;2*1-2-4-6-5-3-1;1-2-6-4-3-5-1;2*1-2-5-4-6-3-1;1-2-4-6-5-3-1;3*1-2-4-5-3-1;2*1-2-5-3-4-1;1-2-4-5-3-1;1-2-5-3-4-1;1-2-4-5-3-1;1-2-5-3-4-1;1-2-4-5-3-1/h1-6H;1-6,9H;1-6H;1-5H,(H,8,9);1-4H;2*1-5H;4*1-4H;1-5H;2*1-4H;3*1-3H,(H,4,5);4*1-3H. The van der Waals surface area contributed by atoms with Gasteiger partial charge in [-0.3, -0.25) is 40.0 Å². The van der Waals surface area contributed by atoms with E-state index >= 15 is 0 Å². The molecule has 0 saturated carbocycles. The lowest BCUT2D eigenvalue weighted by Crippen LogP contribution is -1.78. The summed E-state index contributed by atoms with van der Waals surface area (Å²) in [5.74, 6) is 0. The molecule has 35 heteroatoms. The van der Waals surface area contributed by atoms with E-state index in [4.69, 9.17) is 0 Å². The van der Waals surface area contributed by atoms with Crippen LogP contribution in [-0.2, 0) is 0 Å². The summed E-state index contributed by atoms with van der Waals surface area (Å²) in [6.45, 7) is 0. The quantitative estimate of drug-likeness (QED) is 0.0821. The lowest BCUT2D eigenvalue weighted by molar-refractivity contribution is 0.420. The van der Waals surface area contributed by atoms with Gasteiger partial charge in [0.25, 0.3) is 0 Å². The maximum Gasteiger partial charge on any atom is 0.180 e. The molecule has 0 bridgehead atoms. The summed E-state index contributed by atoms with van der Waals surface area (Å²) in [6, 6.07) is 76.6. The monoisotopic (exact) mass is 1850 g/mol. The van der Waals surface area contributed by atoms with Crippen molar-refractivity contribution in [2.24, 2.45) is 0 Å². The lowest BCUT2D eigenvalue weighted by atomic mass is 10.3. The Morgan fingerprint density at radius 2 is 0.824 bits per heavy atom. The average molecular weight is 1850 g/mol. The van der Waals surface area contributed by atoms with Gasteiger partial charge in [0.15, 0.2) is 6.39 Å². The van der Waals surface area contributed by atoms with Crippen LogP contribution in [0.5, 0.6) is 0 Å². The second-order valence-corrected chi connectivity index (χ2v) is 27.8. The van der Waals surface area contributed by atoms with Crippen LogP contribution in [0.15, 0.2) is 536 Å².